The van der Waals surface area contributed by atoms with Gasteiger partial charge in [-0.3, -0.25) is 4.79 Å². The van der Waals surface area contributed by atoms with Gasteiger partial charge in [-0.15, -0.1) is 0 Å². The van der Waals surface area contributed by atoms with E-state index in [1.54, 1.807) is 6.92 Å². The number of esters is 2. The number of rotatable bonds is 2. The van der Waals surface area contributed by atoms with E-state index < -0.39 is 5.79 Å². The molecule has 28 heavy (non-hydrogen) atoms. The van der Waals surface area contributed by atoms with Crippen LogP contribution < -0.4 is 4.90 Å². The average Bonchev–Trinajstić information content (AvgIpc) is 3.33. The lowest BCUT2D eigenvalue weighted by Gasteiger charge is -2.28. The topological polar surface area (TPSA) is 66.3 Å². The van der Waals surface area contributed by atoms with Crippen molar-refractivity contribution in [2.45, 2.75) is 70.5 Å². The van der Waals surface area contributed by atoms with Crippen LogP contribution in [0.5, 0.6) is 0 Å². The van der Waals surface area contributed by atoms with Gasteiger partial charge in [0.1, 0.15) is 12.3 Å². The summed E-state index contributed by atoms with van der Waals surface area (Å²) < 4.78 is 18.0. The Balaban J connectivity index is 1.44. The van der Waals surface area contributed by atoms with Gasteiger partial charge in [0.05, 0.1) is 24.5 Å². The van der Waals surface area contributed by atoms with Crippen LogP contribution in [0.2, 0.25) is 0 Å². The first-order chi connectivity index (χ1) is 13.4. The van der Waals surface area contributed by atoms with Gasteiger partial charge in [0.2, 0.25) is 17.5 Å². The Hall–Kier alpha value is -1.79. The van der Waals surface area contributed by atoms with Gasteiger partial charge in [0.15, 0.2) is 12.2 Å². The van der Waals surface area contributed by atoms with E-state index in [9.17, 15) is 9.59 Å². The number of ether oxygens (including phenoxy) is 3. The maximum atomic E-state index is 12.1. The largest absolute Gasteiger partial charge is 0.453 e. The Labute approximate surface area is 165 Å². The summed E-state index contributed by atoms with van der Waals surface area (Å²) in [4.78, 5) is 25.5. The Morgan fingerprint density at radius 1 is 1.32 bits per heavy atom. The molecule has 5 aliphatic heterocycles. The van der Waals surface area contributed by atoms with Crippen molar-refractivity contribution in [3.8, 4) is 0 Å². The molecule has 0 aliphatic carbocycles. The van der Waals surface area contributed by atoms with Crippen LogP contribution in [0.25, 0.3) is 0 Å². The third-order valence-corrected chi connectivity index (χ3v) is 7.32. The first-order valence-corrected chi connectivity index (χ1v) is 10.7. The molecule has 1 spiro atoms. The van der Waals surface area contributed by atoms with Crippen molar-refractivity contribution in [1.82, 2.24) is 0 Å². The summed E-state index contributed by atoms with van der Waals surface area (Å²) in [6, 6.07) is 0.181. The monoisotopic (exact) mass is 387 g/mol. The molecule has 3 saturated heterocycles. The molecule has 150 valence electrons. The lowest BCUT2D eigenvalue weighted by Crippen LogP contribution is -3.14. The second kappa shape index (κ2) is 6.36. The van der Waals surface area contributed by atoms with Crippen molar-refractivity contribution in [3.05, 3.63) is 29.8 Å². The molecule has 8 atom stereocenters. The molecule has 0 radical (unpaired) electrons. The minimum atomic E-state index is -0.916. The van der Waals surface area contributed by atoms with Crippen LogP contribution in [0.3, 0.4) is 0 Å². The number of cyclic esters (lactones) is 1. The Morgan fingerprint density at radius 3 is 2.79 bits per heavy atom. The van der Waals surface area contributed by atoms with Crippen LogP contribution in [0.1, 0.15) is 46.5 Å². The molecule has 0 amide bonds. The summed E-state index contributed by atoms with van der Waals surface area (Å²) in [7, 11) is 0. The van der Waals surface area contributed by atoms with Crippen LogP contribution in [-0.2, 0) is 23.8 Å². The van der Waals surface area contributed by atoms with Gasteiger partial charge in [-0.2, -0.15) is 0 Å². The number of carbonyl (C=O) groups excluding carboxylic acids is 2. The maximum Gasteiger partial charge on any atom is 0.336 e. The minimum Gasteiger partial charge on any atom is -0.453 e. The molecular weight excluding hydrogens is 358 g/mol. The highest BCUT2D eigenvalue weighted by atomic mass is 16.7. The highest BCUT2D eigenvalue weighted by Gasteiger charge is 2.66. The molecule has 5 rings (SSSR count). The zero-order valence-corrected chi connectivity index (χ0v) is 16.8. The van der Waals surface area contributed by atoms with Crippen LogP contribution in [0.15, 0.2) is 23.4 Å². The minimum absolute atomic E-state index is 0.0194. The zero-order valence-electron chi connectivity index (χ0n) is 16.8. The molecule has 5 aliphatic rings. The molecule has 6 nitrogen and oxygen atoms in total. The fraction of sp³-hybridized carbons (Fsp3) is 0.682. The van der Waals surface area contributed by atoms with Crippen molar-refractivity contribution in [1.29, 1.82) is 0 Å². The average molecular weight is 387 g/mol. The van der Waals surface area contributed by atoms with E-state index in [1.807, 2.05) is 13.0 Å². The van der Waals surface area contributed by atoms with E-state index in [-0.39, 0.29) is 47.9 Å². The Bertz CT molecular complexity index is 773. The van der Waals surface area contributed by atoms with Crippen LogP contribution >= 0.6 is 0 Å². The highest BCUT2D eigenvalue weighted by molar-refractivity contribution is 5.90. The van der Waals surface area contributed by atoms with Gasteiger partial charge >= 0.3 is 11.9 Å². The third kappa shape index (κ3) is 2.50. The number of nitrogens with one attached hydrogen (secondary N) is 1. The van der Waals surface area contributed by atoms with Crippen molar-refractivity contribution in [2.24, 2.45) is 17.8 Å². The molecule has 5 heterocycles. The predicted octanol–water partition coefficient (Wildman–Crippen LogP) is 1.33. The quantitative estimate of drug-likeness (QED) is 0.572. The van der Waals surface area contributed by atoms with Gasteiger partial charge in [-0.05, 0) is 25.8 Å². The third-order valence-electron chi connectivity index (χ3n) is 7.32. The Kier molecular flexibility index (Phi) is 4.14. The molecule has 3 fully saturated rings. The standard InChI is InChI=1S/C22H28NO5/c1-4-14-19-16-8-7-15(18-10-12(2)20(24)26-18)23(16)9-5-6-17(19)27-22(14)11-13(3)21(25)28-22/h7-8,11-12,14-15,17-19H,4-6,9-10H2,1-3H3/q+1/p+1/t12-,14-,15?,17+,18-,19+,22-/m0/s1. The molecule has 0 bridgehead atoms. The number of hydrogen-bond acceptors (Lipinski definition) is 5. The van der Waals surface area contributed by atoms with Gasteiger partial charge in [-0.1, -0.05) is 13.8 Å². The van der Waals surface area contributed by atoms with Crippen molar-refractivity contribution < 1.29 is 28.7 Å². The normalized spacial score (nSPS) is 47.0. The lowest BCUT2D eigenvalue weighted by atomic mass is 9.80. The molecule has 0 saturated carbocycles. The first-order valence-electron chi connectivity index (χ1n) is 10.7. The predicted molar refractivity (Wildman–Crippen MR) is 99.6 cm³/mol. The molecule has 2 unspecified atom stereocenters. The molecular formula is C22H29NO5+2. The summed E-state index contributed by atoms with van der Waals surface area (Å²) in [6.45, 7) is 6.91. The van der Waals surface area contributed by atoms with Gasteiger partial charge in [0, 0.05) is 18.4 Å². The van der Waals surface area contributed by atoms with Crippen molar-refractivity contribution in [2.75, 3.05) is 6.54 Å². The number of fused-ring (bicyclic) bond motifs is 3. The second-order valence-electron chi connectivity index (χ2n) is 9.00. The highest BCUT2D eigenvalue weighted by Crippen LogP contribution is 2.51. The zero-order chi connectivity index (χ0) is 19.6. The van der Waals surface area contributed by atoms with E-state index in [1.165, 1.54) is 10.6 Å². The van der Waals surface area contributed by atoms with Gasteiger partial charge in [-0.25, -0.2) is 9.69 Å². The summed E-state index contributed by atoms with van der Waals surface area (Å²) >= 11 is 0. The van der Waals surface area contributed by atoms with Crippen LogP contribution in [0.4, 0.5) is 0 Å². The molecule has 0 aromatic heterocycles. The number of hydrogen-bond donors (Lipinski definition) is 1. The molecule has 0 aromatic carbocycles. The number of quaternary nitrogens is 1. The van der Waals surface area contributed by atoms with E-state index in [0.717, 1.165) is 32.2 Å². The summed E-state index contributed by atoms with van der Waals surface area (Å²) in [5, 5.41) is 0. The Morgan fingerprint density at radius 2 is 2.14 bits per heavy atom. The fourth-order valence-corrected chi connectivity index (χ4v) is 6.04. The molecule has 1 N–H and O–H groups in total. The van der Waals surface area contributed by atoms with E-state index in [0.29, 0.717) is 5.57 Å². The van der Waals surface area contributed by atoms with Crippen LogP contribution in [-0.4, -0.2) is 42.5 Å². The lowest BCUT2D eigenvalue weighted by molar-refractivity contribution is -0.883. The molecule has 6 heteroatoms. The smallest absolute Gasteiger partial charge is 0.336 e. The summed E-state index contributed by atoms with van der Waals surface area (Å²) in [5.41, 5.74) is 1.97. The van der Waals surface area contributed by atoms with Crippen molar-refractivity contribution in [3.63, 3.8) is 0 Å². The summed E-state index contributed by atoms with van der Waals surface area (Å²) in [5.74, 6) is -0.957. The van der Waals surface area contributed by atoms with Crippen LogP contribution in [0, 0.1) is 24.2 Å². The van der Waals surface area contributed by atoms with Gasteiger partial charge < -0.3 is 14.2 Å². The summed E-state index contributed by atoms with van der Waals surface area (Å²) in [6.07, 6.45) is 10.0. The van der Waals surface area contributed by atoms with E-state index >= 15 is 0 Å². The first kappa shape index (κ1) is 18.3. The van der Waals surface area contributed by atoms with E-state index in [2.05, 4.69) is 19.4 Å². The fourth-order valence-electron chi connectivity index (χ4n) is 6.04. The van der Waals surface area contributed by atoms with Crippen molar-refractivity contribution >= 4 is 11.9 Å². The number of carbonyl (C=O) groups is 2. The molecule has 0 aromatic rings. The van der Waals surface area contributed by atoms with E-state index in [4.69, 9.17) is 14.2 Å². The van der Waals surface area contributed by atoms with Gasteiger partial charge in [0.25, 0.3) is 0 Å². The maximum absolute atomic E-state index is 12.1. The SMILES string of the molecule is CC[C@H]1[C@@H]2C3=C[CH+]C([C@@H]4C[C@H](C)C(=O)O4)[NH+]3CCC[C@H]2O[C@]12C=C(C)C(=O)O2. The second-order valence-corrected chi connectivity index (χ2v) is 9.00.